The number of ether oxygens (including phenoxy) is 1. The van der Waals surface area contributed by atoms with E-state index in [1.165, 1.54) is 6.07 Å². The van der Waals surface area contributed by atoms with Crippen LogP contribution in [0, 0.1) is 5.92 Å². The van der Waals surface area contributed by atoms with Crippen molar-refractivity contribution in [2.75, 3.05) is 26.2 Å². The van der Waals surface area contributed by atoms with Crippen LogP contribution in [-0.4, -0.2) is 54.4 Å². The maximum atomic E-state index is 12.2. The second-order valence-corrected chi connectivity index (χ2v) is 8.42. The van der Waals surface area contributed by atoms with Crippen molar-refractivity contribution < 1.29 is 19.1 Å². The fourth-order valence-corrected chi connectivity index (χ4v) is 3.31. The number of hydrogen-bond donors (Lipinski definition) is 2. The highest BCUT2D eigenvalue weighted by Gasteiger charge is 2.39. The minimum Gasteiger partial charge on any atom is -0.482 e. The highest BCUT2D eigenvalue weighted by molar-refractivity contribution is 6.35. The lowest BCUT2D eigenvalue weighted by Crippen LogP contribution is -2.43. The first-order chi connectivity index (χ1) is 13.1. The molecule has 0 bridgehead atoms. The van der Waals surface area contributed by atoms with Crippen LogP contribution in [0.15, 0.2) is 18.2 Å². The van der Waals surface area contributed by atoms with Gasteiger partial charge >= 0.3 is 0 Å². The average Bonchev–Trinajstić information content (AvgIpc) is 3.00. The van der Waals surface area contributed by atoms with Crippen LogP contribution in [0.5, 0.6) is 5.75 Å². The zero-order valence-corrected chi connectivity index (χ0v) is 17.7. The third-order valence-corrected chi connectivity index (χ3v) is 4.84. The molecule has 1 heterocycles. The van der Waals surface area contributed by atoms with E-state index in [2.05, 4.69) is 10.6 Å². The lowest BCUT2D eigenvalue weighted by Gasteiger charge is -2.31. The molecule has 154 valence electrons. The molecule has 0 aromatic heterocycles. The first-order valence-corrected chi connectivity index (χ1v) is 9.76. The fraction of sp³-hybridized carbons (Fsp3) is 0.526. The van der Waals surface area contributed by atoms with Crippen molar-refractivity contribution in [2.24, 2.45) is 5.92 Å². The lowest BCUT2D eigenvalue weighted by atomic mass is 10.1. The molecule has 1 aromatic rings. The first kappa shape index (κ1) is 22.3. The average molecular weight is 430 g/mol. The van der Waals surface area contributed by atoms with Crippen LogP contribution in [0.4, 0.5) is 0 Å². The molecule has 0 aliphatic carbocycles. The van der Waals surface area contributed by atoms with Gasteiger partial charge in [-0.05, 0) is 39.0 Å². The van der Waals surface area contributed by atoms with E-state index < -0.39 is 0 Å². The third kappa shape index (κ3) is 6.27. The summed E-state index contributed by atoms with van der Waals surface area (Å²) in [5, 5.41) is 6.20. The summed E-state index contributed by atoms with van der Waals surface area (Å²) in [7, 11) is 0. The van der Waals surface area contributed by atoms with Gasteiger partial charge in [0.05, 0.1) is 10.9 Å². The Balaban J connectivity index is 1.66. The van der Waals surface area contributed by atoms with E-state index in [1.807, 2.05) is 20.8 Å². The topological polar surface area (TPSA) is 87.7 Å². The van der Waals surface area contributed by atoms with Gasteiger partial charge in [-0.25, -0.2) is 0 Å². The molecule has 1 aliphatic heterocycles. The highest BCUT2D eigenvalue weighted by atomic mass is 35.5. The molecule has 2 N–H and O–H groups in total. The molecule has 0 saturated carbocycles. The highest BCUT2D eigenvalue weighted by Crippen LogP contribution is 2.27. The minimum atomic E-state index is -0.363. The maximum Gasteiger partial charge on any atom is 0.258 e. The van der Waals surface area contributed by atoms with Crippen molar-refractivity contribution in [3.8, 4) is 5.75 Å². The number of halogens is 2. The lowest BCUT2D eigenvalue weighted by molar-refractivity contribution is -0.132. The number of likely N-dealkylation sites (tertiary alicyclic amines) is 1. The molecule has 3 amide bonds. The van der Waals surface area contributed by atoms with Crippen LogP contribution < -0.4 is 15.4 Å². The minimum absolute atomic E-state index is 0.0149. The summed E-state index contributed by atoms with van der Waals surface area (Å²) < 4.78 is 5.34. The van der Waals surface area contributed by atoms with Crippen molar-refractivity contribution in [2.45, 2.75) is 32.7 Å². The first-order valence-electron chi connectivity index (χ1n) is 9.00. The number of nitrogens with zero attached hydrogens (tertiary/aromatic N) is 1. The quantitative estimate of drug-likeness (QED) is 0.650. The molecule has 2 rings (SSSR count). The van der Waals surface area contributed by atoms with Crippen LogP contribution in [0.3, 0.4) is 0 Å². The van der Waals surface area contributed by atoms with Crippen molar-refractivity contribution in [3.05, 3.63) is 28.2 Å². The normalized spacial score (nSPS) is 16.8. The number of carbonyl (C=O) groups excluding carboxylic acids is 3. The maximum absolute atomic E-state index is 12.2. The monoisotopic (exact) mass is 429 g/mol. The van der Waals surface area contributed by atoms with Crippen molar-refractivity contribution >= 4 is 40.9 Å². The van der Waals surface area contributed by atoms with E-state index in [0.29, 0.717) is 22.3 Å². The number of amides is 3. The smallest absolute Gasteiger partial charge is 0.258 e. The Labute approximate surface area is 174 Å². The van der Waals surface area contributed by atoms with E-state index in [9.17, 15) is 14.4 Å². The van der Waals surface area contributed by atoms with Crippen molar-refractivity contribution in [3.63, 3.8) is 0 Å². The predicted octanol–water partition coefficient (Wildman–Crippen LogP) is 2.25. The molecule has 1 unspecified atom stereocenters. The van der Waals surface area contributed by atoms with Crippen molar-refractivity contribution in [1.29, 1.82) is 0 Å². The van der Waals surface area contributed by atoms with Crippen LogP contribution in [0.25, 0.3) is 0 Å². The summed E-state index contributed by atoms with van der Waals surface area (Å²) in [6, 6.07) is 4.73. The van der Waals surface area contributed by atoms with E-state index in [4.69, 9.17) is 27.9 Å². The standard InChI is InChI=1S/C19H25Cl2N3O4/c1-19(2,3)24-10-12(8-17(24)26)18(27)23-7-6-22-16(25)11-28-15-5-4-13(20)9-14(15)21/h4-5,9,12H,6-8,10-11H2,1-3H3,(H,22,25)(H,23,27). The zero-order valence-electron chi connectivity index (χ0n) is 16.2. The molecule has 1 fully saturated rings. The number of nitrogens with one attached hydrogen (secondary N) is 2. The van der Waals surface area contributed by atoms with Crippen LogP contribution in [0.2, 0.25) is 10.0 Å². The molecule has 28 heavy (non-hydrogen) atoms. The number of rotatable bonds is 7. The summed E-state index contributed by atoms with van der Waals surface area (Å²) in [5.41, 5.74) is -0.299. The molecule has 1 aliphatic rings. The molecule has 9 heteroatoms. The number of carbonyl (C=O) groups is 3. The Morgan fingerprint density at radius 2 is 1.89 bits per heavy atom. The Morgan fingerprint density at radius 3 is 2.50 bits per heavy atom. The summed E-state index contributed by atoms with van der Waals surface area (Å²) in [4.78, 5) is 37.8. The zero-order chi connectivity index (χ0) is 20.9. The Bertz CT molecular complexity index is 749. The predicted molar refractivity (Wildman–Crippen MR) is 108 cm³/mol. The van der Waals surface area contributed by atoms with E-state index >= 15 is 0 Å². The molecular weight excluding hydrogens is 405 g/mol. The van der Waals surface area contributed by atoms with Gasteiger partial charge in [0.2, 0.25) is 11.8 Å². The van der Waals surface area contributed by atoms with Gasteiger partial charge in [-0.2, -0.15) is 0 Å². The molecule has 0 spiro atoms. The van der Waals surface area contributed by atoms with Crippen LogP contribution in [-0.2, 0) is 14.4 Å². The molecule has 7 nitrogen and oxygen atoms in total. The van der Waals surface area contributed by atoms with Gasteiger partial charge in [0.25, 0.3) is 5.91 Å². The van der Waals surface area contributed by atoms with Crippen LogP contribution in [0.1, 0.15) is 27.2 Å². The Kier molecular flexibility index (Phi) is 7.55. The summed E-state index contributed by atoms with van der Waals surface area (Å²) in [5.74, 6) is -0.533. The van der Waals surface area contributed by atoms with Crippen LogP contribution >= 0.6 is 23.2 Å². The Hall–Kier alpha value is -1.99. The van der Waals surface area contributed by atoms with Gasteiger partial charge in [-0.15, -0.1) is 0 Å². The van der Waals surface area contributed by atoms with Gasteiger partial charge in [0.15, 0.2) is 6.61 Å². The van der Waals surface area contributed by atoms with Gasteiger partial charge in [0.1, 0.15) is 5.75 Å². The van der Waals surface area contributed by atoms with Gasteiger partial charge < -0.3 is 20.3 Å². The van der Waals surface area contributed by atoms with Gasteiger partial charge in [-0.1, -0.05) is 23.2 Å². The Morgan fingerprint density at radius 1 is 1.21 bits per heavy atom. The largest absolute Gasteiger partial charge is 0.482 e. The van der Waals surface area contributed by atoms with Crippen molar-refractivity contribution in [1.82, 2.24) is 15.5 Å². The third-order valence-electron chi connectivity index (χ3n) is 4.30. The fourth-order valence-electron chi connectivity index (χ4n) is 2.85. The molecule has 1 aromatic carbocycles. The summed E-state index contributed by atoms with van der Waals surface area (Å²) in [6.07, 6.45) is 0.213. The van der Waals surface area contributed by atoms with E-state index in [-0.39, 0.29) is 55.3 Å². The van der Waals surface area contributed by atoms with Gasteiger partial charge in [0, 0.05) is 36.6 Å². The second-order valence-electron chi connectivity index (χ2n) is 7.58. The van der Waals surface area contributed by atoms with E-state index in [0.717, 1.165) is 0 Å². The molecule has 1 saturated heterocycles. The number of benzene rings is 1. The SMILES string of the molecule is CC(C)(C)N1CC(C(=O)NCCNC(=O)COc2ccc(Cl)cc2Cl)CC1=O. The molecule has 0 radical (unpaired) electrons. The van der Waals surface area contributed by atoms with Gasteiger partial charge in [-0.3, -0.25) is 14.4 Å². The summed E-state index contributed by atoms with van der Waals surface area (Å²) in [6.45, 7) is 6.57. The molecular formula is C19H25Cl2N3O4. The molecule has 1 atom stereocenters. The second kappa shape index (κ2) is 9.47. The summed E-state index contributed by atoms with van der Waals surface area (Å²) >= 11 is 11.8. The van der Waals surface area contributed by atoms with E-state index in [1.54, 1.807) is 17.0 Å². The number of hydrogen-bond acceptors (Lipinski definition) is 4.